The molecule has 1 aromatic heterocycles. The molecule has 1 rings (SSSR count). The lowest BCUT2D eigenvalue weighted by Gasteiger charge is -2.00. The third kappa shape index (κ3) is 2.64. The van der Waals surface area contributed by atoms with Crippen molar-refractivity contribution in [3.05, 3.63) is 21.0 Å². The van der Waals surface area contributed by atoms with Crippen LogP contribution in [0, 0.1) is 10.1 Å². The molecule has 0 spiro atoms. The lowest BCUT2D eigenvalue weighted by Crippen LogP contribution is -2.12. The molecule has 94 valence electrons. The van der Waals surface area contributed by atoms with Crippen LogP contribution in [0.3, 0.4) is 0 Å². The van der Waals surface area contributed by atoms with E-state index in [2.05, 4.69) is 5.10 Å². The van der Waals surface area contributed by atoms with E-state index < -0.39 is 40.1 Å². The van der Waals surface area contributed by atoms with Crippen LogP contribution in [0.25, 0.3) is 0 Å². The highest BCUT2D eigenvalue weighted by Gasteiger charge is 2.45. The Labute approximate surface area is 95.5 Å². The van der Waals surface area contributed by atoms with Crippen LogP contribution in [0.2, 0.25) is 5.15 Å². The first-order valence-corrected chi connectivity index (χ1v) is 4.22. The lowest BCUT2D eigenvalue weighted by molar-refractivity contribution is -0.388. The van der Waals surface area contributed by atoms with Gasteiger partial charge in [-0.3, -0.25) is 14.9 Å². The van der Waals surface area contributed by atoms with Crippen molar-refractivity contribution in [3.63, 3.8) is 0 Å². The first-order valence-electron chi connectivity index (χ1n) is 3.84. The maximum atomic E-state index is 12.4. The van der Waals surface area contributed by atoms with Gasteiger partial charge in [0.2, 0.25) is 10.8 Å². The predicted molar refractivity (Wildman–Crippen MR) is 46.5 cm³/mol. The highest BCUT2D eigenvalue weighted by atomic mass is 35.5. The SMILES string of the molecule is O=C(O)Cn1nc(C(F)(F)F)c([N+](=O)[O-])c1Cl. The van der Waals surface area contributed by atoms with E-state index in [0.717, 1.165) is 0 Å². The van der Waals surface area contributed by atoms with Gasteiger partial charge in [0.25, 0.3) is 0 Å². The Kier molecular flexibility index (Phi) is 3.27. The van der Waals surface area contributed by atoms with E-state index in [4.69, 9.17) is 16.7 Å². The van der Waals surface area contributed by atoms with E-state index in [1.54, 1.807) is 0 Å². The zero-order valence-corrected chi connectivity index (χ0v) is 8.49. The van der Waals surface area contributed by atoms with Gasteiger partial charge in [0.1, 0.15) is 6.54 Å². The van der Waals surface area contributed by atoms with Crippen molar-refractivity contribution in [3.8, 4) is 0 Å². The van der Waals surface area contributed by atoms with Crippen LogP contribution in [0.5, 0.6) is 0 Å². The minimum atomic E-state index is -5.09. The first-order chi connectivity index (χ1) is 7.64. The van der Waals surface area contributed by atoms with Crippen LogP contribution in [-0.4, -0.2) is 25.8 Å². The molecule has 0 unspecified atom stereocenters. The van der Waals surface area contributed by atoms with Crippen molar-refractivity contribution in [2.75, 3.05) is 0 Å². The molecule has 17 heavy (non-hydrogen) atoms. The molecule has 0 aliphatic heterocycles. The van der Waals surface area contributed by atoms with E-state index in [1.807, 2.05) is 0 Å². The number of rotatable bonds is 3. The maximum Gasteiger partial charge on any atom is 0.442 e. The van der Waals surface area contributed by atoms with E-state index in [9.17, 15) is 28.1 Å². The van der Waals surface area contributed by atoms with Crippen molar-refractivity contribution in [1.29, 1.82) is 0 Å². The summed E-state index contributed by atoms with van der Waals surface area (Å²) in [5.41, 5.74) is -3.28. The van der Waals surface area contributed by atoms with Crippen LogP contribution >= 0.6 is 11.6 Å². The van der Waals surface area contributed by atoms with Gasteiger partial charge in [-0.2, -0.15) is 18.3 Å². The molecular weight excluding hydrogens is 271 g/mol. The zero-order chi connectivity index (χ0) is 13.4. The van der Waals surface area contributed by atoms with E-state index in [-0.39, 0.29) is 4.68 Å². The van der Waals surface area contributed by atoms with Crippen LogP contribution in [-0.2, 0) is 17.5 Å². The number of hydrogen-bond donors (Lipinski definition) is 1. The summed E-state index contributed by atoms with van der Waals surface area (Å²) < 4.78 is 37.3. The average molecular weight is 274 g/mol. The van der Waals surface area contributed by atoms with Gasteiger partial charge >= 0.3 is 17.8 Å². The fraction of sp³-hybridized carbons (Fsp3) is 0.333. The van der Waals surface area contributed by atoms with Crippen LogP contribution in [0.1, 0.15) is 5.69 Å². The third-order valence-electron chi connectivity index (χ3n) is 1.60. The Hall–Kier alpha value is -1.84. The number of halogens is 4. The monoisotopic (exact) mass is 273 g/mol. The molecule has 1 N–H and O–H groups in total. The van der Waals surface area contributed by atoms with Gasteiger partial charge in [-0.25, -0.2) is 4.68 Å². The number of alkyl halides is 3. The number of carboxylic acids is 1. The van der Waals surface area contributed by atoms with E-state index >= 15 is 0 Å². The van der Waals surface area contributed by atoms with Crippen LogP contribution in [0.15, 0.2) is 0 Å². The fourth-order valence-electron chi connectivity index (χ4n) is 1.02. The second-order valence-electron chi connectivity index (χ2n) is 2.79. The van der Waals surface area contributed by atoms with Crippen molar-refractivity contribution in [2.45, 2.75) is 12.7 Å². The van der Waals surface area contributed by atoms with Gasteiger partial charge in [-0.1, -0.05) is 11.6 Å². The summed E-state index contributed by atoms with van der Waals surface area (Å²) in [6.45, 7) is -1.00. The molecule has 0 atom stereocenters. The van der Waals surface area contributed by atoms with E-state index in [1.165, 1.54) is 0 Å². The smallest absolute Gasteiger partial charge is 0.442 e. The number of carboxylic acid groups (broad SMARTS) is 1. The average Bonchev–Trinajstić information content (AvgIpc) is 2.42. The standard InChI is InChI=1S/C6H3ClF3N3O4/c7-5-3(13(16)17)4(6(8,9)10)11-12(5)1-2(14)15/h1H2,(H,14,15). The maximum absolute atomic E-state index is 12.4. The fourth-order valence-corrected chi connectivity index (χ4v) is 1.27. The molecule has 0 amide bonds. The molecule has 0 fully saturated rings. The van der Waals surface area contributed by atoms with Gasteiger partial charge < -0.3 is 5.11 Å². The number of nitro groups is 1. The van der Waals surface area contributed by atoms with Gasteiger partial charge in [-0.15, -0.1) is 0 Å². The minimum Gasteiger partial charge on any atom is -0.480 e. The molecule has 0 radical (unpaired) electrons. The van der Waals surface area contributed by atoms with E-state index in [0.29, 0.717) is 0 Å². The number of hydrogen-bond acceptors (Lipinski definition) is 4. The van der Waals surface area contributed by atoms with Crippen LogP contribution < -0.4 is 0 Å². The molecular formula is C6H3ClF3N3O4. The molecule has 0 aliphatic rings. The topological polar surface area (TPSA) is 98.3 Å². The summed E-state index contributed by atoms with van der Waals surface area (Å²) in [6, 6.07) is 0. The molecule has 0 saturated carbocycles. The Morgan fingerprint density at radius 1 is 1.59 bits per heavy atom. The third-order valence-corrected chi connectivity index (χ3v) is 1.98. The Bertz CT molecular complexity index is 484. The summed E-state index contributed by atoms with van der Waals surface area (Å²) in [5.74, 6) is -1.53. The van der Waals surface area contributed by atoms with Crippen molar-refractivity contribution < 1.29 is 28.0 Å². The van der Waals surface area contributed by atoms with Crippen molar-refractivity contribution in [1.82, 2.24) is 9.78 Å². The minimum absolute atomic E-state index is 0.199. The molecule has 0 aliphatic carbocycles. The number of nitrogens with zero attached hydrogens (tertiary/aromatic N) is 3. The largest absolute Gasteiger partial charge is 0.480 e. The number of aromatic nitrogens is 2. The van der Waals surface area contributed by atoms with Gasteiger partial charge in [0.05, 0.1) is 4.92 Å². The summed E-state index contributed by atoms with van der Waals surface area (Å²) in [5, 5.41) is 20.6. The second-order valence-corrected chi connectivity index (χ2v) is 3.15. The Morgan fingerprint density at radius 3 is 2.41 bits per heavy atom. The molecule has 0 saturated heterocycles. The molecule has 11 heteroatoms. The lowest BCUT2D eigenvalue weighted by atomic mass is 10.4. The summed E-state index contributed by atoms with van der Waals surface area (Å²) in [6.07, 6.45) is -5.09. The molecule has 1 heterocycles. The molecule has 1 aromatic rings. The molecule has 0 bridgehead atoms. The Morgan fingerprint density at radius 2 is 2.12 bits per heavy atom. The zero-order valence-electron chi connectivity index (χ0n) is 7.73. The van der Waals surface area contributed by atoms with Crippen molar-refractivity contribution in [2.24, 2.45) is 0 Å². The summed E-state index contributed by atoms with van der Waals surface area (Å²) in [4.78, 5) is 19.3. The quantitative estimate of drug-likeness (QED) is 0.665. The first kappa shape index (κ1) is 13.2. The molecule has 7 nitrogen and oxygen atoms in total. The Balaban J connectivity index is 3.40. The van der Waals surface area contributed by atoms with Gasteiger partial charge in [-0.05, 0) is 0 Å². The summed E-state index contributed by atoms with van der Waals surface area (Å²) in [7, 11) is 0. The number of aliphatic carboxylic acids is 1. The summed E-state index contributed by atoms with van der Waals surface area (Å²) >= 11 is 5.27. The second kappa shape index (κ2) is 4.20. The highest BCUT2D eigenvalue weighted by molar-refractivity contribution is 6.31. The van der Waals surface area contributed by atoms with Gasteiger partial charge in [0.15, 0.2) is 0 Å². The number of carbonyl (C=O) groups is 1. The highest BCUT2D eigenvalue weighted by Crippen LogP contribution is 2.39. The normalized spacial score (nSPS) is 11.5. The van der Waals surface area contributed by atoms with Crippen molar-refractivity contribution >= 4 is 23.3 Å². The van der Waals surface area contributed by atoms with Crippen LogP contribution in [0.4, 0.5) is 18.9 Å². The van der Waals surface area contributed by atoms with Gasteiger partial charge in [0, 0.05) is 0 Å². The predicted octanol–water partition coefficient (Wildman–Crippen LogP) is 1.55. The molecule has 0 aromatic carbocycles.